The van der Waals surface area contributed by atoms with Gasteiger partial charge in [-0.2, -0.15) is 0 Å². The van der Waals surface area contributed by atoms with Crippen LogP contribution in [0.25, 0.3) is 0 Å². The first-order valence-electron chi connectivity index (χ1n) is 10.1. The second-order valence-electron chi connectivity index (χ2n) is 8.05. The molecule has 8 nitrogen and oxygen atoms in total. The zero-order chi connectivity index (χ0) is 19.4. The molecule has 150 valence electrons. The molecule has 1 saturated carbocycles. The zero-order valence-corrected chi connectivity index (χ0v) is 16.4. The molecule has 28 heavy (non-hydrogen) atoms. The number of hydrogen-bond acceptors (Lipinski definition) is 6. The molecule has 2 aliphatic rings. The molecule has 1 amide bonds. The summed E-state index contributed by atoms with van der Waals surface area (Å²) in [6, 6.07) is 7.25. The summed E-state index contributed by atoms with van der Waals surface area (Å²) in [6.07, 6.45) is 6.38. The van der Waals surface area contributed by atoms with E-state index in [4.69, 9.17) is 4.74 Å². The van der Waals surface area contributed by atoms with Crippen LogP contribution in [0.5, 0.6) is 5.75 Å². The molecule has 1 N–H and O–H groups in total. The van der Waals surface area contributed by atoms with Crippen molar-refractivity contribution in [3.63, 3.8) is 0 Å². The number of aryl methyl sites for hydroxylation is 1. The topological polar surface area (TPSA) is 85.2 Å². The fourth-order valence-electron chi connectivity index (χ4n) is 3.77. The second-order valence-corrected chi connectivity index (χ2v) is 8.05. The number of amides is 1. The highest BCUT2D eigenvalue weighted by Gasteiger charge is 2.44. The summed E-state index contributed by atoms with van der Waals surface area (Å²) in [4.78, 5) is 15.2. The Bertz CT molecular complexity index is 811. The van der Waals surface area contributed by atoms with Gasteiger partial charge in [0.15, 0.2) is 5.82 Å². The number of carbonyl (C=O) groups is 1. The summed E-state index contributed by atoms with van der Waals surface area (Å²) in [5.74, 6) is 1.21. The number of nitrogens with zero attached hydrogens (tertiary/aromatic N) is 5. The van der Waals surface area contributed by atoms with E-state index < -0.39 is 0 Å². The summed E-state index contributed by atoms with van der Waals surface area (Å²) in [5.41, 5.74) is 0.890. The van der Waals surface area contributed by atoms with Crippen LogP contribution in [-0.4, -0.2) is 57.2 Å². The van der Waals surface area contributed by atoms with Crippen LogP contribution < -0.4 is 10.1 Å². The number of tetrazole rings is 1. The molecule has 1 aliphatic carbocycles. The molecule has 2 fully saturated rings. The molecule has 0 atom stereocenters. The summed E-state index contributed by atoms with van der Waals surface area (Å²) in [5, 5.41) is 14.4. The lowest BCUT2D eigenvalue weighted by Gasteiger charge is -2.30. The minimum absolute atomic E-state index is 0.0457. The number of benzene rings is 1. The van der Waals surface area contributed by atoms with Crippen LogP contribution in [0.2, 0.25) is 0 Å². The van der Waals surface area contributed by atoms with E-state index in [1.807, 2.05) is 18.2 Å². The van der Waals surface area contributed by atoms with Gasteiger partial charge in [-0.1, -0.05) is 12.5 Å². The van der Waals surface area contributed by atoms with Crippen molar-refractivity contribution in [2.75, 3.05) is 26.2 Å². The highest BCUT2D eigenvalue weighted by molar-refractivity contribution is 5.94. The lowest BCUT2D eigenvalue weighted by molar-refractivity contribution is 0.0935. The maximum atomic E-state index is 12.6. The largest absolute Gasteiger partial charge is 0.486 e. The van der Waals surface area contributed by atoms with Crippen molar-refractivity contribution < 1.29 is 9.53 Å². The summed E-state index contributed by atoms with van der Waals surface area (Å²) in [6.45, 7) is 4.53. The Balaban J connectivity index is 1.29. The number of piperidine rings is 1. The molecule has 0 spiro atoms. The van der Waals surface area contributed by atoms with E-state index in [9.17, 15) is 4.79 Å². The van der Waals surface area contributed by atoms with Crippen LogP contribution in [-0.2, 0) is 13.7 Å². The van der Waals surface area contributed by atoms with Gasteiger partial charge in [-0.05, 0) is 67.4 Å². The van der Waals surface area contributed by atoms with Gasteiger partial charge in [-0.25, -0.2) is 4.68 Å². The molecular weight excluding hydrogens is 356 g/mol. The first kappa shape index (κ1) is 18.9. The molecule has 8 heteroatoms. The number of rotatable bonds is 8. The van der Waals surface area contributed by atoms with Crippen molar-refractivity contribution in [2.45, 2.75) is 38.7 Å². The predicted molar refractivity (Wildman–Crippen MR) is 104 cm³/mol. The summed E-state index contributed by atoms with van der Waals surface area (Å²) in [7, 11) is 1.76. The van der Waals surface area contributed by atoms with Gasteiger partial charge < -0.3 is 15.0 Å². The maximum Gasteiger partial charge on any atom is 0.251 e. The second kappa shape index (κ2) is 8.26. The first-order valence-corrected chi connectivity index (χ1v) is 10.1. The Hall–Kier alpha value is -2.48. The number of ether oxygens (including phenoxy) is 1. The van der Waals surface area contributed by atoms with E-state index in [1.165, 1.54) is 45.2 Å². The standard InChI is InChI=1S/C20H28N6O2/c1-25-18(22-23-24-25)13-28-17-7-5-6-16(12-17)19(27)21-14-20(8-9-20)15-26-10-3-2-4-11-26/h5-7,12H,2-4,8-11,13-15H2,1H3,(H,21,27). The number of likely N-dealkylation sites (tertiary alicyclic amines) is 1. The van der Waals surface area contributed by atoms with Gasteiger partial charge in [0.25, 0.3) is 5.91 Å². The molecule has 1 aliphatic heterocycles. The van der Waals surface area contributed by atoms with Gasteiger partial charge in [0.2, 0.25) is 0 Å². The molecule has 0 radical (unpaired) electrons. The van der Waals surface area contributed by atoms with Gasteiger partial charge >= 0.3 is 0 Å². The average molecular weight is 384 g/mol. The van der Waals surface area contributed by atoms with Crippen molar-refractivity contribution in [3.8, 4) is 5.75 Å². The molecule has 0 bridgehead atoms. The lowest BCUT2D eigenvalue weighted by atomic mass is 10.0. The quantitative estimate of drug-likeness (QED) is 0.747. The van der Waals surface area contributed by atoms with Crippen LogP contribution in [0.4, 0.5) is 0 Å². The van der Waals surface area contributed by atoms with E-state index >= 15 is 0 Å². The van der Waals surface area contributed by atoms with Crippen LogP contribution in [0, 0.1) is 5.41 Å². The fourth-order valence-corrected chi connectivity index (χ4v) is 3.77. The molecule has 2 heterocycles. The maximum absolute atomic E-state index is 12.6. The summed E-state index contributed by atoms with van der Waals surface area (Å²) < 4.78 is 7.29. The molecule has 0 unspecified atom stereocenters. The molecule has 2 aromatic rings. The van der Waals surface area contributed by atoms with E-state index in [0.29, 0.717) is 17.1 Å². The third-order valence-electron chi connectivity index (χ3n) is 5.76. The average Bonchev–Trinajstić information content (AvgIpc) is 3.36. The zero-order valence-electron chi connectivity index (χ0n) is 16.4. The van der Waals surface area contributed by atoms with Gasteiger partial charge in [-0.3, -0.25) is 4.79 Å². The smallest absolute Gasteiger partial charge is 0.251 e. The Kier molecular flexibility index (Phi) is 5.57. The van der Waals surface area contributed by atoms with Gasteiger partial charge in [0.1, 0.15) is 12.4 Å². The minimum atomic E-state index is -0.0457. The molecule has 1 saturated heterocycles. The third-order valence-corrected chi connectivity index (χ3v) is 5.76. The predicted octanol–water partition coefficient (Wildman–Crippen LogP) is 1.78. The van der Waals surface area contributed by atoms with Crippen molar-refractivity contribution in [2.24, 2.45) is 12.5 Å². The molecule has 1 aromatic heterocycles. The normalized spacial score (nSPS) is 18.6. The van der Waals surface area contributed by atoms with E-state index in [1.54, 1.807) is 17.8 Å². The van der Waals surface area contributed by atoms with E-state index in [-0.39, 0.29) is 17.9 Å². The number of nitrogens with one attached hydrogen (secondary N) is 1. The van der Waals surface area contributed by atoms with Gasteiger partial charge in [0, 0.05) is 31.1 Å². The SMILES string of the molecule is Cn1nnnc1COc1cccc(C(=O)NCC2(CN3CCCCC3)CC2)c1. The van der Waals surface area contributed by atoms with Crippen LogP contribution in [0.3, 0.4) is 0 Å². The number of carbonyl (C=O) groups excluding carboxylic acids is 1. The Morgan fingerprint density at radius 2 is 2.07 bits per heavy atom. The van der Waals surface area contributed by atoms with Gasteiger partial charge in [0.05, 0.1) is 0 Å². The van der Waals surface area contributed by atoms with Crippen molar-refractivity contribution >= 4 is 5.91 Å². The highest BCUT2D eigenvalue weighted by Crippen LogP contribution is 2.46. The lowest BCUT2D eigenvalue weighted by Crippen LogP contribution is -2.40. The number of hydrogen-bond donors (Lipinski definition) is 1. The monoisotopic (exact) mass is 384 g/mol. The first-order chi connectivity index (χ1) is 13.6. The third kappa shape index (κ3) is 4.67. The van der Waals surface area contributed by atoms with Crippen molar-refractivity contribution in [3.05, 3.63) is 35.7 Å². The highest BCUT2D eigenvalue weighted by atomic mass is 16.5. The van der Waals surface area contributed by atoms with Gasteiger partial charge in [-0.15, -0.1) is 5.10 Å². The summed E-state index contributed by atoms with van der Waals surface area (Å²) >= 11 is 0. The van der Waals surface area contributed by atoms with E-state index in [0.717, 1.165) is 13.1 Å². The van der Waals surface area contributed by atoms with E-state index in [2.05, 4.69) is 25.7 Å². The Labute approximate surface area is 165 Å². The number of aromatic nitrogens is 4. The van der Waals surface area contributed by atoms with Crippen LogP contribution in [0.1, 0.15) is 48.3 Å². The van der Waals surface area contributed by atoms with Crippen molar-refractivity contribution in [1.29, 1.82) is 0 Å². The Morgan fingerprint density at radius 1 is 1.25 bits per heavy atom. The minimum Gasteiger partial charge on any atom is -0.486 e. The molecular formula is C20H28N6O2. The van der Waals surface area contributed by atoms with Crippen molar-refractivity contribution in [1.82, 2.24) is 30.4 Å². The van der Waals surface area contributed by atoms with Crippen LogP contribution in [0.15, 0.2) is 24.3 Å². The fraction of sp³-hybridized carbons (Fsp3) is 0.600. The van der Waals surface area contributed by atoms with Crippen LogP contribution >= 0.6 is 0 Å². The molecule has 4 rings (SSSR count). The Morgan fingerprint density at radius 3 is 2.79 bits per heavy atom. The molecule has 1 aromatic carbocycles.